The van der Waals surface area contributed by atoms with Crippen LogP contribution >= 0.6 is 22.7 Å². The fourth-order valence-corrected chi connectivity index (χ4v) is 6.76. The Balaban J connectivity index is 1.44. The molecule has 5 heteroatoms. The predicted molar refractivity (Wildman–Crippen MR) is 158 cm³/mol. The molecule has 0 amide bonds. The van der Waals surface area contributed by atoms with Gasteiger partial charge in [-0.2, -0.15) is 4.39 Å². The summed E-state index contributed by atoms with van der Waals surface area (Å²) in [5.41, 5.74) is 0.302. The van der Waals surface area contributed by atoms with Gasteiger partial charge in [0.05, 0.1) is 6.61 Å². The molecule has 3 rings (SSSR count). The average Bonchev–Trinajstić information content (AvgIpc) is 3.58. The maximum absolute atomic E-state index is 14.9. The lowest BCUT2D eigenvalue weighted by atomic mass is 10.1. The van der Waals surface area contributed by atoms with Gasteiger partial charge in [-0.1, -0.05) is 90.9 Å². The van der Waals surface area contributed by atoms with Crippen LogP contribution in [0.3, 0.4) is 0 Å². The molecule has 2 aromatic heterocycles. The zero-order chi connectivity index (χ0) is 26.3. The summed E-state index contributed by atoms with van der Waals surface area (Å²) in [6.07, 6.45) is 18.5. The first-order chi connectivity index (χ1) is 18.1. The number of hydrogen-bond acceptors (Lipinski definition) is 3. The Labute approximate surface area is 231 Å². The summed E-state index contributed by atoms with van der Waals surface area (Å²) in [6, 6.07) is 11.5. The van der Waals surface area contributed by atoms with Crippen molar-refractivity contribution in [1.82, 2.24) is 0 Å². The topological polar surface area (TPSA) is 9.23 Å². The zero-order valence-corrected chi connectivity index (χ0v) is 24.4. The van der Waals surface area contributed by atoms with E-state index >= 15 is 0 Å². The van der Waals surface area contributed by atoms with Crippen molar-refractivity contribution in [2.45, 2.75) is 110 Å². The lowest BCUT2D eigenvalue weighted by Crippen LogP contribution is -2.01. The molecule has 0 N–H and O–H groups in total. The predicted octanol–water partition coefficient (Wildman–Crippen LogP) is 11.8. The number of unbranched alkanes of at least 4 members (excludes halogenated alkanes) is 12. The number of rotatable bonds is 19. The Morgan fingerprint density at radius 2 is 1.14 bits per heavy atom. The van der Waals surface area contributed by atoms with Crippen molar-refractivity contribution in [2.24, 2.45) is 0 Å². The molecule has 1 aromatic carbocycles. The SMILES string of the molecule is CCCCCCCCCCCCOc1ccc(-c2ccc(-c3ccc(CCCCCC)s3)s2)c(F)c1F. The van der Waals surface area contributed by atoms with Gasteiger partial charge in [-0.3, -0.25) is 0 Å². The summed E-state index contributed by atoms with van der Waals surface area (Å²) >= 11 is 3.32. The Morgan fingerprint density at radius 3 is 1.84 bits per heavy atom. The highest BCUT2D eigenvalue weighted by Crippen LogP contribution is 2.40. The van der Waals surface area contributed by atoms with Crippen molar-refractivity contribution < 1.29 is 13.5 Å². The second kappa shape index (κ2) is 17.0. The molecule has 37 heavy (non-hydrogen) atoms. The monoisotopic (exact) mass is 546 g/mol. The van der Waals surface area contributed by atoms with Gasteiger partial charge in [-0.25, -0.2) is 4.39 Å². The second-order valence-electron chi connectivity index (χ2n) is 10.0. The third-order valence-corrected chi connectivity index (χ3v) is 9.31. The summed E-state index contributed by atoms with van der Waals surface area (Å²) in [6.45, 7) is 4.90. The van der Waals surface area contributed by atoms with Crippen molar-refractivity contribution >= 4 is 22.7 Å². The number of ether oxygens (including phenoxy) is 1. The van der Waals surface area contributed by atoms with Crippen LogP contribution < -0.4 is 4.74 Å². The molecule has 0 aliphatic carbocycles. The van der Waals surface area contributed by atoms with E-state index in [9.17, 15) is 8.78 Å². The van der Waals surface area contributed by atoms with E-state index in [1.165, 1.54) is 98.1 Å². The normalized spacial score (nSPS) is 11.4. The summed E-state index contributed by atoms with van der Waals surface area (Å²) < 4.78 is 35.3. The first kappa shape index (κ1) is 29.8. The maximum Gasteiger partial charge on any atom is 0.201 e. The molecular formula is C32H44F2OS2. The van der Waals surface area contributed by atoms with Gasteiger partial charge in [-0.05, 0) is 55.7 Å². The summed E-state index contributed by atoms with van der Waals surface area (Å²) in [7, 11) is 0. The molecule has 0 radical (unpaired) electrons. The lowest BCUT2D eigenvalue weighted by molar-refractivity contribution is 0.285. The molecule has 0 unspecified atom stereocenters. The smallest absolute Gasteiger partial charge is 0.201 e. The van der Waals surface area contributed by atoms with Crippen LogP contribution in [0.5, 0.6) is 5.75 Å². The van der Waals surface area contributed by atoms with Gasteiger partial charge in [0.2, 0.25) is 5.82 Å². The van der Waals surface area contributed by atoms with E-state index in [4.69, 9.17) is 4.74 Å². The van der Waals surface area contributed by atoms with Crippen LogP contribution in [0.15, 0.2) is 36.4 Å². The van der Waals surface area contributed by atoms with Crippen LogP contribution in [0, 0.1) is 11.6 Å². The van der Waals surface area contributed by atoms with Crippen molar-refractivity contribution in [1.29, 1.82) is 0 Å². The molecule has 1 nitrogen and oxygen atoms in total. The molecule has 0 saturated carbocycles. The molecule has 0 saturated heterocycles. The third kappa shape index (κ3) is 9.83. The van der Waals surface area contributed by atoms with Gasteiger partial charge in [0, 0.05) is 25.1 Å². The number of aryl methyl sites for hydroxylation is 1. The fraction of sp³-hybridized carbons (Fsp3) is 0.562. The van der Waals surface area contributed by atoms with Gasteiger partial charge in [0.15, 0.2) is 11.6 Å². The van der Waals surface area contributed by atoms with Gasteiger partial charge < -0.3 is 4.74 Å². The molecule has 0 aliphatic heterocycles. The molecule has 0 spiro atoms. The Bertz CT molecular complexity index is 1040. The van der Waals surface area contributed by atoms with Crippen LogP contribution in [-0.2, 0) is 6.42 Å². The van der Waals surface area contributed by atoms with Crippen LogP contribution in [0.25, 0.3) is 20.2 Å². The number of benzene rings is 1. The van der Waals surface area contributed by atoms with E-state index in [2.05, 4.69) is 26.0 Å². The number of halogens is 2. The molecule has 0 bridgehead atoms. The Morgan fingerprint density at radius 1 is 0.568 bits per heavy atom. The van der Waals surface area contributed by atoms with E-state index in [0.717, 1.165) is 29.0 Å². The zero-order valence-electron chi connectivity index (χ0n) is 22.8. The summed E-state index contributed by atoms with van der Waals surface area (Å²) in [5, 5.41) is 0. The quantitative estimate of drug-likeness (QED) is 0.136. The van der Waals surface area contributed by atoms with Crippen LogP contribution in [0.2, 0.25) is 0 Å². The molecular weight excluding hydrogens is 502 g/mol. The van der Waals surface area contributed by atoms with Crippen molar-refractivity contribution in [3.8, 4) is 25.9 Å². The molecule has 0 fully saturated rings. The van der Waals surface area contributed by atoms with E-state index in [-0.39, 0.29) is 5.75 Å². The minimum Gasteiger partial charge on any atom is -0.490 e. The summed E-state index contributed by atoms with van der Waals surface area (Å²) in [4.78, 5) is 4.42. The van der Waals surface area contributed by atoms with Gasteiger partial charge in [0.1, 0.15) is 0 Å². The van der Waals surface area contributed by atoms with E-state index in [1.807, 2.05) is 12.1 Å². The highest BCUT2D eigenvalue weighted by molar-refractivity contribution is 7.23. The molecule has 0 aliphatic rings. The summed E-state index contributed by atoms with van der Waals surface area (Å²) in [5.74, 6) is -1.69. The largest absolute Gasteiger partial charge is 0.490 e. The Kier molecular flexibility index (Phi) is 13.7. The van der Waals surface area contributed by atoms with Crippen molar-refractivity contribution in [3.05, 3.63) is 52.9 Å². The second-order valence-corrected chi connectivity index (χ2v) is 12.3. The van der Waals surface area contributed by atoms with Gasteiger partial charge in [0.25, 0.3) is 0 Å². The van der Waals surface area contributed by atoms with Gasteiger partial charge in [-0.15, -0.1) is 22.7 Å². The molecule has 3 aromatic rings. The standard InChI is InChI=1S/C32H44F2OS2/c1-3-5-7-9-10-11-12-13-14-16-24-35-27-20-19-26(31(33)32(27)34)28-22-23-30(37-28)29-21-18-25(36-29)17-15-8-6-4-2/h18-23H,3-17,24H2,1-2H3. The number of thiophene rings is 2. The van der Waals surface area contributed by atoms with Crippen molar-refractivity contribution in [2.75, 3.05) is 6.61 Å². The van der Waals surface area contributed by atoms with Crippen LogP contribution in [0.1, 0.15) is 109 Å². The minimum absolute atomic E-state index is 0.0138. The third-order valence-electron chi connectivity index (χ3n) is 6.86. The fourth-order valence-electron chi connectivity index (χ4n) is 4.59. The van der Waals surface area contributed by atoms with E-state index < -0.39 is 11.6 Å². The van der Waals surface area contributed by atoms with Crippen LogP contribution in [0.4, 0.5) is 8.78 Å². The maximum atomic E-state index is 14.9. The van der Waals surface area contributed by atoms with Gasteiger partial charge >= 0.3 is 0 Å². The highest BCUT2D eigenvalue weighted by Gasteiger charge is 2.18. The molecule has 0 atom stereocenters. The highest BCUT2D eigenvalue weighted by atomic mass is 32.1. The molecule has 204 valence electrons. The molecule has 2 heterocycles. The first-order valence-corrected chi connectivity index (χ1v) is 16.1. The van der Waals surface area contributed by atoms with E-state index in [1.54, 1.807) is 23.5 Å². The van der Waals surface area contributed by atoms with E-state index in [0.29, 0.717) is 12.2 Å². The minimum atomic E-state index is -0.884. The Hall–Kier alpha value is -1.72. The average molecular weight is 547 g/mol. The number of hydrogen-bond donors (Lipinski definition) is 0. The van der Waals surface area contributed by atoms with Crippen molar-refractivity contribution in [3.63, 3.8) is 0 Å². The lowest BCUT2D eigenvalue weighted by Gasteiger charge is -2.10. The van der Waals surface area contributed by atoms with Crippen LogP contribution in [-0.4, -0.2) is 6.61 Å². The first-order valence-electron chi connectivity index (χ1n) is 14.4.